The van der Waals surface area contributed by atoms with E-state index >= 15 is 0 Å². The topological polar surface area (TPSA) is 45.7 Å². The van der Waals surface area contributed by atoms with Crippen molar-refractivity contribution in [2.24, 2.45) is 0 Å². The first-order chi connectivity index (χ1) is 10.6. The lowest BCUT2D eigenvalue weighted by Crippen LogP contribution is -2.44. The Morgan fingerprint density at radius 3 is 2.42 bits per heavy atom. The highest BCUT2D eigenvalue weighted by molar-refractivity contribution is 7.14. The SMILES string of the molecule is CN1CCN(c2nc(OC(=O)c3ccccc3)c(F)s2)CC1.Cl.Cl. The zero-order valence-corrected chi connectivity index (χ0v) is 15.4. The summed E-state index contributed by atoms with van der Waals surface area (Å²) >= 11 is 0.912. The second-order valence-corrected chi connectivity index (χ2v) is 6.05. The molecule has 0 aliphatic carbocycles. The molecule has 24 heavy (non-hydrogen) atoms. The van der Waals surface area contributed by atoms with Crippen molar-refractivity contribution in [1.29, 1.82) is 0 Å². The van der Waals surface area contributed by atoms with E-state index in [-0.39, 0.29) is 30.7 Å². The lowest BCUT2D eigenvalue weighted by molar-refractivity contribution is 0.0722. The number of halogens is 3. The van der Waals surface area contributed by atoms with Crippen molar-refractivity contribution in [2.75, 3.05) is 38.1 Å². The first kappa shape index (κ1) is 20.6. The fourth-order valence-corrected chi connectivity index (χ4v) is 2.97. The molecule has 0 amide bonds. The van der Waals surface area contributed by atoms with Gasteiger partial charge in [-0.05, 0) is 19.2 Å². The largest absolute Gasteiger partial charge is 0.400 e. The molecule has 0 saturated carbocycles. The number of piperazine rings is 1. The molecule has 1 aliphatic rings. The Balaban J connectivity index is 0.00000144. The van der Waals surface area contributed by atoms with Crippen molar-refractivity contribution < 1.29 is 13.9 Å². The van der Waals surface area contributed by atoms with E-state index in [0.29, 0.717) is 10.7 Å². The normalized spacial score (nSPS) is 14.5. The Bertz CT molecular complexity index is 664. The Kier molecular flexibility index (Phi) is 7.89. The lowest BCUT2D eigenvalue weighted by Gasteiger charge is -2.31. The number of carbonyl (C=O) groups is 1. The van der Waals surface area contributed by atoms with Gasteiger partial charge in [-0.25, -0.2) is 4.79 Å². The van der Waals surface area contributed by atoms with Crippen molar-refractivity contribution in [3.8, 4) is 5.88 Å². The first-order valence-corrected chi connectivity index (χ1v) is 7.82. The van der Waals surface area contributed by atoms with Crippen LogP contribution in [0.5, 0.6) is 5.88 Å². The Labute approximate surface area is 156 Å². The number of ether oxygens (including phenoxy) is 1. The molecular weight excluding hydrogens is 376 g/mol. The molecule has 5 nitrogen and oxygen atoms in total. The minimum absolute atomic E-state index is 0. The number of hydrogen-bond acceptors (Lipinski definition) is 6. The van der Waals surface area contributed by atoms with Crippen molar-refractivity contribution in [3.05, 3.63) is 41.0 Å². The molecular formula is C15H18Cl2FN3O2S. The molecule has 2 aromatic rings. The molecule has 132 valence electrons. The molecule has 1 aliphatic heterocycles. The standard InChI is InChI=1S/C15H16FN3O2S.2ClH/c1-18-7-9-19(10-8-18)15-17-13(12(16)22-15)21-14(20)11-5-3-2-4-6-11;;/h2-6H,7-10H2,1H3;2*1H. The average molecular weight is 394 g/mol. The quantitative estimate of drug-likeness (QED) is 0.749. The molecule has 1 aromatic heterocycles. The molecule has 1 saturated heterocycles. The van der Waals surface area contributed by atoms with Crippen LogP contribution in [0.1, 0.15) is 10.4 Å². The molecule has 0 bridgehead atoms. The number of rotatable bonds is 3. The molecule has 3 rings (SSSR count). The van der Waals surface area contributed by atoms with Gasteiger partial charge >= 0.3 is 5.97 Å². The third kappa shape index (κ3) is 4.80. The molecule has 1 fully saturated rings. The maximum atomic E-state index is 14.0. The second kappa shape index (κ2) is 9.17. The summed E-state index contributed by atoms with van der Waals surface area (Å²) in [4.78, 5) is 20.3. The van der Waals surface area contributed by atoms with Crippen LogP contribution in [-0.2, 0) is 0 Å². The number of carbonyl (C=O) groups excluding carboxylic acids is 1. The summed E-state index contributed by atoms with van der Waals surface area (Å²) < 4.78 is 19.0. The van der Waals surface area contributed by atoms with Gasteiger partial charge in [-0.3, -0.25) is 0 Å². The number of nitrogens with zero attached hydrogens (tertiary/aromatic N) is 3. The molecule has 0 N–H and O–H groups in total. The van der Waals surface area contributed by atoms with Crippen molar-refractivity contribution in [3.63, 3.8) is 0 Å². The van der Waals surface area contributed by atoms with Crippen LogP contribution in [0.3, 0.4) is 0 Å². The summed E-state index contributed by atoms with van der Waals surface area (Å²) in [6, 6.07) is 8.49. The fourth-order valence-electron chi connectivity index (χ4n) is 2.19. The third-order valence-corrected chi connectivity index (χ3v) is 4.40. The monoisotopic (exact) mass is 393 g/mol. The van der Waals surface area contributed by atoms with E-state index in [1.54, 1.807) is 30.3 Å². The number of likely N-dealkylation sites (N-methyl/N-ethyl adjacent to an activating group) is 1. The maximum Gasteiger partial charge on any atom is 0.344 e. The molecule has 0 spiro atoms. The number of benzene rings is 1. The highest BCUT2D eigenvalue weighted by Crippen LogP contribution is 2.30. The van der Waals surface area contributed by atoms with Crippen LogP contribution < -0.4 is 9.64 Å². The van der Waals surface area contributed by atoms with Gasteiger partial charge in [0.1, 0.15) is 0 Å². The summed E-state index contributed by atoms with van der Waals surface area (Å²) in [5.41, 5.74) is 0.371. The van der Waals surface area contributed by atoms with E-state index in [0.717, 1.165) is 37.5 Å². The van der Waals surface area contributed by atoms with Crippen LogP contribution in [0.15, 0.2) is 30.3 Å². The Morgan fingerprint density at radius 1 is 1.17 bits per heavy atom. The molecule has 0 atom stereocenters. The molecule has 9 heteroatoms. The van der Waals surface area contributed by atoms with Crippen molar-refractivity contribution >= 4 is 47.3 Å². The summed E-state index contributed by atoms with van der Waals surface area (Å²) in [7, 11) is 2.05. The smallest absolute Gasteiger partial charge is 0.344 e. The van der Waals surface area contributed by atoms with Gasteiger partial charge in [-0.1, -0.05) is 29.5 Å². The van der Waals surface area contributed by atoms with Gasteiger partial charge in [0.2, 0.25) is 5.13 Å². The van der Waals surface area contributed by atoms with Crippen LogP contribution in [0.25, 0.3) is 0 Å². The van der Waals surface area contributed by atoms with E-state index in [4.69, 9.17) is 4.74 Å². The summed E-state index contributed by atoms with van der Waals surface area (Å²) in [5, 5.41) is -0.0142. The molecule has 0 radical (unpaired) electrons. The lowest BCUT2D eigenvalue weighted by atomic mass is 10.2. The van der Waals surface area contributed by atoms with E-state index in [9.17, 15) is 9.18 Å². The van der Waals surface area contributed by atoms with Crippen LogP contribution in [0.4, 0.5) is 9.52 Å². The summed E-state index contributed by atoms with van der Waals surface area (Å²) in [5.74, 6) is -0.845. The van der Waals surface area contributed by atoms with Crippen LogP contribution in [0.2, 0.25) is 0 Å². The number of anilines is 1. The van der Waals surface area contributed by atoms with Crippen molar-refractivity contribution in [1.82, 2.24) is 9.88 Å². The predicted molar refractivity (Wildman–Crippen MR) is 97.7 cm³/mol. The van der Waals surface area contributed by atoms with E-state index in [2.05, 4.69) is 9.88 Å². The van der Waals surface area contributed by atoms with Gasteiger partial charge in [-0.2, -0.15) is 9.37 Å². The van der Waals surface area contributed by atoms with Gasteiger partial charge in [0.15, 0.2) is 5.13 Å². The number of esters is 1. The number of thiazole rings is 1. The third-order valence-electron chi connectivity index (χ3n) is 3.52. The molecule has 2 heterocycles. The fraction of sp³-hybridized carbons (Fsp3) is 0.333. The Morgan fingerprint density at radius 2 is 1.79 bits per heavy atom. The second-order valence-electron chi connectivity index (χ2n) is 5.12. The van der Waals surface area contributed by atoms with Crippen molar-refractivity contribution in [2.45, 2.75) is 0 Å². The van der Waals surface area contributed by atoms with Gasteiger partial charge in [0.05, 0.1) is 5.56 Å². The summed E-state index contributed by atoms with van der Waals surface area (Å²) in [6.45, 7) is 3.38. The van der Waals surface area contributed by atoms with Gasteiger partial charge in [-0.15, -0.1) is 24.8 Å². The predicted octanol–water partition coefficient (Wildman–Crippen LogP) is 3.10. The van der Waals surface area contributed by atoms with E-state index in [1.165, 1.54) is 0 Å². The van der Waals surface area contributed by atoms with E-state index < -0.39 is 11.1 Å². The number of aromatic nitrogens is 1. The van der Waals surface area contributed by atoms with Gasteiger partial charge < -0.3 is 14.5 Å². The highest BCUT2D eigenvalue weighted by atomic mass is 35.5. The van der Waals surface area contributed by atoms with Crippen LogP contribution >= 0.6 is 36.2 Å². The minimum atomic E-state index is -0.602. The Hall–Kier alpha value is -1.41. The first-order valence-electron chi connectivity index (χ1n) is 7.00. The summed E-state index contributed by atoms with van der Waals surface area (Å²) in [6.07, 6.45) is 0. The maximum absolute atomic E-state index is 14.0. The van der Waals surface area contributed by atoms with Crippen LogP contribution in [-0.4, -0.2) is 49.1 Å². The number of hydrogen-bond donors (Lipinski definition) is 0. The minimum Gasteiger partial charge on any atom is -0.400 e. The van der Waals surface area contributed by atoms with E-state index in [1.807, 2.05) is 11.9 Å². The van der Waals surface area contributed by atoms with Gasteiger partial charge in [0, 0.05) is 26.2 Å². The van der Waals surface area contributed by atoms with Crippen LogP contribution in [0, 0.1) is 5.13 Å². The zero-order chi connectivity index (χ0) is 15.5. The van der Waals surface area contributed by atoms with Gasteiger partial charge in [0.25, 0.3) is 5.88 Å². The zero-order valence-electron chi connectivity index (χ0n) is 13.0. The highest BCUT2D eigenvalue weighted by Gasteiger charge is 2.22. The average Bonchev–Trinajstić information content (AvgIpc) is 2.90. The molecule has 0 unspecified atom stereocenters. The molecule has 1 aromatic carbocycles.